The van der Waals surface area contributed by atoms with Gasteiger partial charge in [-0.05, 0) is 0 Å². The average Bonchev–Trinajstić information content (AvgIpc) is 3.04. The van der Waals surface area contributed by atoms with Gasteiger partial charge in [-0.25, -0.2) is 0 Å². The molecule has 0 heterocycles. The Bertz CT molecular complexity index is 1290. The third-order valence-corrected chi connectivity index (χ3v) is 34.2. The molecule has 0 bridgehead atoms. The first-order valence-electron chi connectivity index (χ1n) is 13.3. The van der Waals surface area contributed by atoms with Gasteiger partial charge >= 0.3 is 242 Å². The third kappa shape index (κ3) is 6.14. The molecule has 0 aliphatic heterocycles. The van der Waals surface area contributed by atoms with Crippen molar-refractivity contribution in [2.24, 2.45) is 0 Å². The van der Waals surface area contributed by atoms with Crippen LogP contribution in [-0.4, -0.2) is 0 Å². The van der Waals surface area contributed by atoms with Gasteiger partial charge in [0.25, 0.3) is 0 Å². The molecule has 5 heteroatoms. The summed E-state index contributed by atoms with van der Waals surface area (Å²) in [7, 11) is 0. The summed E-state index contributed by atoms with van der Waals surface area (Å²) in [5.74, 6) is 0. The summed E-state index contributed by atoms with van der Waals surface area (Å²) in [6, 6.07) is 68.4. The van der Waals surface area contributed by atoms with Crippen LogP contribution in [0.25, 0.3) is 0 Å². The molecule has 0 spiro atoms. The van der Waals surface area contributed by atoms with Gasteiger partial charge in [0.05, 0.1) is 0 Å². The van der Waals surface area contributed by atoms with Gasteiger partial charge in [-0.15, -0.1) is 24.8 Å². The second kappa shape index (κ2) is 14.5. The molecule has 212 valence electrons. The van der Waals surface area contributed by atoms with Gasteiger partial charge in [0.15, 0.2) is 0 Å². The Balaban J connectivity index is 0.00000194. The summed E-state index contributed by atoms with van der Waals surface area (Å²) in [4.78, 5) is 0. The maximum atomic E-state index is 2.39. The zero-order valence-corrected chi connectivity index (χ0v) is 27.6. The normalized spacial score (nSPS) is 12.0. The standard InChI is InChI=1S/2C18H15P.2ClH.Pd/c2*1-4-10-16(11-5-1)19(17-12-6-2-7-13-17)18-14-8-3-9-15-18;;;/h2*1-15H;2*1H;/q;;;;-2/p+2. The van der Waals surface area contributed by atoms with Crippen LogP contribution < -0.4 is 31.8 Å². The predicted molar refractivity (Wildman–Crippen MR) is 188 cm³/mol. The molecule has 0 amide bonds. The van der Waals surface area contributed by atoms with Crippen molar-refractivity contribution in [2.75, 3.05) is 0 Å². The number of hydrogen-bond acceptors (Lipinski definition) is 0. The first-order valence-corrected chi connectivity index (χ1v) is 21.6. The molecule has 0 aliphatic rings. The molecule has 0 aromatic heterocycles. The molecule has 0 saturated heterocycles. The van der Waals surface area contributed by atoms with Crippen LogP contribution in [0.2, 0.25) is 0 Å². The van der Waals surface area contributed by atoms with Gasteiger partial charge in [0.2, 0.25) is 0 Å². The molecule has 0 N–H and O–H groups in total. The van der Waals surface area contributed by atoms with Crippen LogP contribution in [0.15, 0.2) is 182 Å². The van der Waals surface area contributed by atoms with E-state index in [4.69, 9.17) is 0 Å². The molecule has 0 aliphatic carbocycles. The van der Waals surface area contributed by atoms with Crippen molar-refractivity contribution < 1.29 is 17.0 Å². The minimum absolute atomic E-state index is 0. The van der Waals surface area contributed by atoms with Crippen LogP contribution in [-0.2, 0) is 17.0 Å². The summed E-state index contributed by atoms with van der Waals surface area (Å²) in [5.41, 5.74) is -4.99. The molecule has 41 heavy (non-hydrogen) atoms. The van der Waals surface area contributed by atoms with Gasteiger partial charge in [-0.1, -0.05) is 0 Å². The van der Waals surface area contributed by atoms with Gasteiger partial charge < -0.3 is 0 Å². The van der Waals surface area contributed by atoms with Crippen molar-refractivity contribution in [2.45, 2.75) is 0 Å². The molecular formula is C36H34Cl2P2Pd. The Morgan fingerprint density at radius 1 is 0.244 bits per heavy atom. The minimum atomic E-state index is -2.50. The molecule has 6 aromatic rings. The molecule has 6 aromatic carbocycles. The van der Waals surface area contributed by atoms with E-state index in [1.54, 1.807) is 0 Å². The molecule has 0 atom stereocenters. The van der Waals surface area contributed by atoms with Crippen molar-refractivity contribution in [3.8, 4) is 0 Å². The third-order valence-electron chi connectivity index (χ3n) is 7.16. The molecule has 6 rings (SSSR count). The summed E-state index contributed by atoms with van der Waals surface area (Å²) >= 11 is 0.381. The van der Waals surface area contributed by atoms with E-state index in [1.165, 1.54) is 31.8 Å². The number of hydrogen-bond donors (Lipinski definition) is 0. The van der Waals surface area contributed by atoms with Crippen molar-refractivity contribution >= 4 is 67.5 Å². The first-order chi connectivity index (χ1) is 19.3. The van der Waals surface area contributed by atoms with E-state index in [2.05, 4.69) is 182 Å². The van der Waals surface area contributed by atoms with Crippen molar-refractivity contribution in [3.05, 3.63) is 182 Å². The average molecular weight is 706 g/mol. The van der Waals surface area contributed by atoms with Crippen LogP contribution in [0.4, 0.5) is 0 Å². The monoisotopic (exact) mass is 704 g/mol. The number of benzene rings is 6. The molecular weight excluding hydrogens is 672 g/mol. The summed E-state index contributed by atoms with van der Waals surface area (Å²) in [6.07, 6.45) is 0. The number of halogens is 2. The SMILES string of the molecule is Cl.Cl.c1ccc([PH]([Pd][PH](c2ccccc2)(c2ccccc2)c2ccccc2)(c2ccccc2)c2ccccc2)cc1. The topological polar surface area (TPSA) is 0 Å². The predicted octanol–water partition coefficient (Wildman–Crippen LogP) is 7.20. The Morgan fingerprint density at radius 3 is 0.537 bits per heavy atom. The van der Waals surface area contributed by atoms with E-state index >= 15 is 0 Å². The van der Waals surface area contributed by atoms with E-state index in [-0.39, 0.29) is 24.8 Å². The van der Waals surface area contributed by atoms with Crippen LogP contribution in [0, 0.1) is 0 Å². The van der Waals surface area contributed by atoms with Crippen LogP contribution in [0.5, 0.6) is 0 Å². The fourth-order valence-electron chi connectivity index (χ4n) is 5.40. The number of rotatable bonds is 8. The van der Waals surface area contributed by atoms with E-state index < -0.39 is 10.9 Å². The molecule has 0 nitrogen and oxygen atoms in total. The Labute approximate surface area is 264 Å². The zero-order valence-electron chi connectivity index (χ0n) is 22.5. The quantitative estimate of drug-likeness (QED) is 0.116. The fraction of sp³-hybridized carbons (Fsp3) is 0. The Hall–Kier alpha value is -2.58. The van der Waals surface area contributed by atoms with E-state index in [1.807, 2.05) is 0 Å². The molecule has 0 radical (unpaired) electrons. The van der Waals surface area contributed by atoms with Crippen molar-refractivity contribution in [1.82, 2.24) is 0 Å². The van der Waals surface area contributed by atoms with Crippen molar-refractivity contribution in [3.63, 3.8) is 0 Å². The first kappa shape index (κ1) is 31.4. The van der Waals surface area contributed by atoms with Gasteiger partial charge in [-0.2, -0.15) is 0 Å². The van der Waals surface area contributed by atoms with Gasteiger partial charge in [-0.3, -0.25) is 0 Å². The van der Waals surface area contributed by atoms with E-state index in [0.29, 0.717) is 17.0 Å². The van der Waals surface area contributed by atoms with Crippen molar-refractivity contribution in [1.29, 1.82) is 0 Å². The van der Waals surface area contributed by atoms with Crippen LogP contribution >= 0.6 is 35.7 Å². The fourth-order valence-corrected chi connectivity index (χ4v) is 39.4. The van der Waals surface area contributed by atoms with Crippen LogP contribution in [0.1, 0.15) is 0 Å². The Kier molecular flexibility index (Phi) is 11.1. The zero-order chi connectivity index (χ0) is 26.4. The molecule has 0 fully saturated rings. The Morgan fingerprint density at radius 2 is 0.390 bits per heavy atom. The van der Waals surface area contributed by atoms with Gasteiger partial charge in [0, 0.05) is 0 Å². The maximum absolute atomic E-state index is 2.50. The summed E-state index contributed by atoms with van der Waals surface area (Å²) in [6.45, 7) is 0. The van der Waals surface area contributed by atoms with E-state index in [0.717, 1.165) is 0 Å². The summed E-state index contributed by atoms with van der Waals surface area (Å²) in [5, 5.41) is 8.89. The second-order valence-corrected chi connectivity index (χ2v) is 26.5. The van der Waals surface area contributed by atoms with Gasteiger partial charge in [0.1, 0.15) is 0 Å². The summed E-state index contributed by atoms with van der Waals surface area (Å²) < 4.78 is 0. The van der Waals surface area contributed by atoms with E-state index in [9.17, 15) is 0 Å². The molecule has 0 saturated carbocycles. The second-order valence-electron chi connectivity index (χ2n) is 9.50. The van der Waals surface area contributed by atoms with Crippen LogP contribution in [0.3, 0.4) is 0 Å². The molecule has 0 unspecified atom stereocenters.